The summed E-state index contributed by atoms with van der Waals surface area (Å²) in [6.07, 6.45) is 5.03. The van der Waals surface area contributed by atoms with Gasteiger partial charge in [-0.1, -0.05) is 6.58 Å². The van der Waals surface area contributed by atoms with Crippen LogP contribution < -0.4 is 0 Å². The highest BCUT2D eigenvalue weighted by Crippen LogP contribution is 2.23. The Hall–Kier alpha value is -1.25. The summed E-state index contributed by atoms with van der Waals surface area (Å²) in [6.45, 7) is 4.99. The van der Waals surface area contributed by atoms with Crippen molar-refractivity contribution < 1.29 is 14.3 Å². The van der Waals surface area contributed by atoms with Gasteiger partial charge in [0.2, 0.25) is 0 Å². The van der Waals surface area contributed by atoms with Crippen LogP contribution in [0.25, 0.3) is 0 Å². The van der Waals surface area contributed by atoms with Gasteiger partial charge in [-0.2, -0.15) is 0 Å². The maximum absolute atomic E-state index is 10.7. The number of rotatable bonds is 2. The van der Waals surface area contributed by atoms with Crippen LogP contribution in [0.1, 0.15) is 13.3 Å². The van der Waals surface area contributed by atoms with Crippen molar-refractivity contribution in [3.8, 4) is 0 Å². The molecular weight excluding hydrogens is 144 g/mol. The van der Waals surface area contributed by atoms with Crippen molar-refractivity contribution in [2.24, 2.45) is 0 Å². The lowest BCUT2D eigenvalue weighted by Gasteiger charge is -2.22. The Bertz CT molecular complexity index is 197. The van der Waals surface area contributed by atoms with Gasteiger partial charge in [0, 0.05) is 19.4 Å². The molecule has 0 saturated heterocycles. The number of carbonyl (C=O) groups excluding carboxylic acids is 1. The second-order valence-electron chi connectivity index (χ2n) is 2.45. The molecule has 1 aliphatic heterocycles. The zero-order chi connectivity index (χ0) is 8.32. The molecule has 0 radical (unpaired) electrons. The van der Waals surface area contributed by atoms with Gasteiger partial charge in [0.1, 0.15) is 0 Å². The van der Waals surface area contributed by atoms with Crippen LogP contribution >= 0.6 is 0 Å². The first-order valence-corrected chi connectivity index (χ1v) is 3.34. The average Bonchev–Trinajstić information content (AvgIpc) is 2.36. The van der Waals surface area contributed by atoms with Gasteiger partial charge in [-0.05, 0) is 6.08 Å². The Balaban J connectivity index is 2.47. The summed E-state index contributed by atoms with van der Waals surface area (Å²) in [7, 11) is 0. The van der Waals surface area contributed by atoms with E-state index in [4.69, 9.17) is 9.47 Å². The van der Waals surface area contributed by atoms with Crippen LogP contribution in [0.2, 0.25) is 0 Å². The highest BCUT2D eigenvalue weighted by Gasteiger charge is 2.30. The first kappa shape index (κ1) is 7.85. The van der Waals surface area contributed by atoms with Gasteiger partial charge in [0.05, 0.1) is 6.26 Å². The molecular formula is C8H10O3. The third-order valence-electron chi connectivity index (χ3n) is 1.39. The highest BCUT2D eigenvalue weighted by atomic mass is 16.7. The molecule has 3 heteroatoms. The molecule has 1 atom stereocenters. The van der Waals surface area contributed by atoms with Crippen LogP contribution in [-0.2, 0) is 14.3 Å². The molecule has 0 fully saturated rings. The third kappa shape index (κ3) is 1.83. The molecule has 11 heavy (non-hydrogen) atoms. The molecule has 3 nitrogen and oxygen atoms in total. The van der Waals surface area contributed by atoms with Crippen molar-refractivity contribution in [3.63, 3.8) is 0 Å². The zero-order valence-electron chi connectivity index (χ0n) is 6.37. The second-order valence-corrected chi connectivity index (χ2v) is 2.45. The molecule has 1 rings (SSSR count). The first-order chi connectivity index (χ1) is 5.16. The number of hydrogen-bond acceptors (Lipinski definition) is 3. The Kier molecular flexibility index (Phi) is 1.98. The van der Waals surface area contributed by atoms with E-state index in [1.54, 1.807) is 13.0 Å². The smallest absolute Gasteiger partial charge is 0.333 e. The lowest BCUT2D eigenvalue weighted by molar-refractivity contribution is -0.191. The fourth-order valence-electron chi connectivity index (χ4n) is 0.823. The molecule has 60 valence electrons. The van der Waals surface area contributed by atoms with Crippen LogP contribution in [0, 0.1) is 0 Å². The molecule has 0 aliphatic carbocycles. The standard InChI is InChI=1S/C8H10O3/c1-3-7(9)11-8(2)5-4-6-10-8/h3-4,6H,1,5H2,2H3. The van der Waals surface area contributed by atoms with E-state index >= 15 is 0 Å². The Labute approximate surface area is 65.3 Å². The first-order valence-electron chi connectivity index (χ1n) is 3.34. The van der Waals surface area contributed by atoms with E-state index in [0.29, 0.717) is 6.42 Å². The van der Waals surface area contributed by atoms with Gasteiger partial charge in [-0.25, -0.2) is 4.79 Å². The van der Waals surface area contributed by atoms with Crippen molar-refractivity contribution in [2.75, 3.05) is 0 Å². The van der Waals surface area contributed by atoms with E-state index in [9.17, 15) is 4.79 Å². The second kappa shape index (κ2) is 2.78. The minimum atomic E-state index is -0.814. The molecule has 0 spiro atoms. The van der Waals surface area contributed by atoms with Gasteiger partial charge in [0.25, 0.3) is 5.79 Å². The Morgan fingerprint density at radius 3 is 3.09 bits per heavy atom. The molecule has 1 unspecified atom stereocenters. The quantitative estimate of drug-likeness (QED) is 0.445. The summed E-state index contributed by atoms with van der Waals surface area (Å²) < 4.78 is 9.95. The predicted molar refractivity (Wildman–Crippen MR) is 39.5 cm³/mol. The van der Waals surface area contributed by atoms with Crippen molar-refractivity contribution in [2.45, 2.75) is 19.1 Å². The van der Waals surface area contributed by atoms with Crippen molar-refractivity contribution in [1.29, 1.82) is 0 Å². The van der Waals surface area contributed by atoms with Gasteiger partial charge >= 0.3 is 5.97 Å². The lowest BCUT2D eigenvalue weighted by Crippen LogP contribution is -2.29. The van der Waals surface area contributed by atoms with E-state index in [1.165, 1.54) is 6.26 Å². The van der Waals surface area contributed by atoms with Gasteiger partial charge in [0.15, 0.2) is 0 Å². The molecule has 0 saturated carbocycles. The maximum Gasteiger partial charge on any atom is 0.333 e. The molecule has 1 heterocycles. The molecule has 0 amide bonds. The molecule has 0 aromatic carbocycles. The van der Waals surface area contributed by atoms with Crippen LogP contribution in [0.15, 0.2) is 25.0 Å². The van der Waals surface area contributed by atoms with E-state index in [0.717, 1.165) is 6.08 Å². The van der Waals surface area contributed by atoms with E-state index < -0.39 is 11.8 Å². The summed E-state index contributed by atoms with van der Waals surface area (Å²) in [4.78, 5) is 10.7. The van der Waals surface area contributed by atoms with Gasteiger partial charge in [-0.3, -0.25) is 0 Å². The van der Waals surface area contributed by atoms with Gasteiger partial charge < -0.3 is 9.47 Å². The molecule has 0 bridgehead atoms. The number of ether oxygens (including phenoxy) is 2. The Morgan fingerprint density at radius 1 is 1.91 bits per heavy atom. The summed E-state index contributed by atoms with van der Waals surface area (Å²) >= 11 is 0. The van der Waals surface area contributed by atoms with E-state index in [2.05, 4.69) is 6.58 Å². The topological polar surface area (TPSA) is 35.5 Å². The predicted octanol–water partition coefficient (Wildman–Crippen LogP) is 1.37. The summed E-state index contributed by atoms with van der Waals surface area (Å²) in [5.41, 5.74) is 0. The lowest BCUT2D eigenvalue weighted by atomic mass is 10.2. The van der Waals surface area contributed by atoms with Crippen molar-refractivity contribution in [1.82, 2.24) is 0 Å². The van der Waals surface area contributed by atoms with Crippen LogP contribution in [0.3, 0.4) is 0 Å². The molecule has 0 aromatic heterocycles. The van der Waals surface area contributed by atoms with Gasteiger partial charge in [-0.15, -0.1) is 0 Å². The fourth-order valence-corrected chi connectivity index (χ4v) is 0.823. The summed E-state index contributed by atoms with van der Waals surface area (Å²) in [6, 6.07) is 0. The molecule has 0 aromatic rings. The minimum absolute atomic E-state index is 0.462. The van der Waals surface area contributed by atoms with Crippen LogP contribution in [0.5, 0.6) is 0 Å². The van der Waals surface area contributed by atoms with Crippen LogP contribution in [0.4, 0.5) is 0 Å². The van der Waals surface area contributed by atoms with Crippen molar-refractivity contribution >= 4 is 5.97 Å². The SMILES string of the molecule is C=CC(=O)OC1(C)CC=CO1. The van der Waals surface area contributed by atoms with Crippen molar-refractivity contribution in [3.05, 3.63) is 25.0 Å². The maximum atomic E-state index is 10.7. The summed E-state index contributed by atoms with van der Waals surface area (Å²) in [5, 5.41) is 0. The van der Waals surface area contributed by atoms with Crippen LogP contribution in [-0.4, -0.2) is 11.8 Å². The monoisotopic (exact) mass is 154 g/mol. The number of hydrogen-bond donors (Lipinski definition) is 0. The number of carbonyl (C=O) groups is 1. The number of esters is 1. The summed E-state index contributed by atoms with van der Waals surface area (Å²) in [5.74, 6) is -1.28. The fraction of sp³-hybridized carbons (Fsp3) is 0.375. The van der Waals surface area contributed by atoms with E-state index in [1.807, 2.05) is 0 Å². The third-order valence-corrected chi connectivity index (χ3v) is 1.39. The normalized spacial score (nSPS) is 27.7. The Morgan fingerprint density at radius 2 is 2.64 bits per heavy atom. The highest BCUT2D eigenvalue weighted by molar-refractivity contribution is 5.81. The largest absolute Gasteiger partial charge is 0.460 e. The zero-order valence-corrected chi connectivity index (χ0v) is 6.37. The molecule has 1 aliphatic rings. The van der Waals surface area contributed by atoms with E-state index in [-0.39, 0.29) is 0 Å². The minimum Gasteiger partial charge on any atom is -0.460 e. The average molecular weight is 154 g/mol. The molecule has 0 N–H and O–H groups in total.